The second-order valence-electron chi connectivity index (χ2n) is 10.7. The molecule has 1 fully saturated rings. The first-order chi connectivity index (χ1) is 22.1. The number of halogens is 2. The number of benzene rings is 2. The molecule has 12 nitrogen and oxygen atoms in total. The molecule has 1 aliphatic rings. The summed E-state index contributed by atoms with van der Waals surface area (Å²) in [6.45, 7) is 2.51. The largest absolute Gasteiger partial charge is 0.485 e. The lowest BCUT2D eigenvalue weighted by Crippen LogP contribution is -2.46. The van der Waals surface area contributed by atoms with Gasteiger partial charge in [0, 0.05) is 48.2 Å². The lowest BCUT2D eigenvalue weighted by Gasteiger charge is -2.24. The van der Waals surface area contributed by atoms with Gasteiger partial charge in [-0.15, -0.1) is 0 Å². The average Bonchev–Trinajstić information content (AvgIpc) is 3.68. The Bertz CT molecular complexity index is 1880. The number of hydrazone groups is 1. The third-order valence-corrected chi connectivity index (χ3v) is 10.4. The number of rotatable bonds is 12. The number of aromatic nitrogens is 2. The molecule has 242 valence electrons. The first-order valence-corrected chi connectivity index (χ1v) is 16.7. The molecule has 0 aliphatic carbocycles. The van der Waals surface area contributed by atoms with Crippen LogP contribution < -0.4 is 21.2 Å². The maximum Gasteiger partial charge on any atom is 0.251 e. The fraction of sp³-hybridized carbons (Fsp3) is 0.290. The molecule has 0 unspecified atom stereocenters. The van der Waals surface area contributed by atoms with Gasteiger partial charge in [0.15, 0.2) is 11.4 Å². The van der Waals surface area contributed by atoms with Crippen LogP contribution >= 0.6 is 23.2 Å². The van der Waals surface area contributed by atoms with Crippen LogP contribution in [-0.4, -0.2) is 65.8 Å². The smallest absolute Gasteiger partial charge is 0.251 e. The summed E-state index contributed by atoms with van der Waals surface area (Å²) in [6.07, 6.45) is 6.51. The first-order valence-electron chi connectivity index (χ1n) is 14.5. The highest BCUT2D eigenvalue weighted by molar-refractivity contribution is 7.89. The number of hydrogen-bond donors (Lipinski definition) is 3. The molecule has 0 radical (unpaired) electrons. The van der Waals surface area contributed by atoms with Gasteiger partial charge in [0.05, 0.1) is 16.9 Å². The van der Waals surface area contributed by atoms with Crippen LogP contribution in [0.25, 0.3) is 5.65 Å². The number of carbonyl (C=O) groups is 2. The summed E-state index contributed by atoms with van der Waals surface area (Å²) in [6, 6.07) is 12.2. The van der Waals surface area contributed by atoms with E-state index in [1.165, 1.54) is 22.7 Å². The molecule has 1 aliphatic heterocycles. The molecule has 1 saturated heterocycles. The molecular weight excluding hydrogens is 653 g/mol. The Balaban J connectivity index is 1.19. The standard InChI is InChI=1S/C31H33Cl2N7O5S/c1-20-18-39-15-3-6-26(29(39)38-20)45-19-23-24(32)11-12-27(28(23)33)46(43,44)40-16-2-5-25(40)31(42)36-14-4-13-35-30(41)22-9-7-21(8-10-22)17-37-34/h3,6-12,15,17-18,25H,2,4-5,13-14,16,19,34H2,1H3,(H,35,41)(H,36,42)/t25-/m0/s1. The molecule has 5 rings (SSSR count). The molecule has 0 bridgehead atoms. The molecular formula is C31H33Cl2N7O5S. The van der Waals surface area contributed by atoms with Crippen molar-refractivity contribution in [3.8, 4) is 5.75 Å². The molecule has 2 amide bonds. The third-order valence-electron chi connectivity index (χ3n) is 7.52. The van der Waals surface area contributed by atoms with Crippen molar-refractivity contribution in [3.63, 3.8) is 0 Å². The molecule has 15 heteroatoms. The lowest BCUT2D eigenvalue weighted by atomic mass is 10.1. The van der Waals surface area contributed by atoms with Crippen molar-refractivity contribution in [2.45, 2.75) is 43.7 Å². The molecule has 2 aromatic heterocycles. The van der Waals surface area contributed by atoms with Gasteiger partial charge in [-0.1, -0.05) is 35.3 Å². The van der Waals surface area contributed by atoms with E-state index in [1.807, 2.05) is 29.8 Å². The van der Waals surface area contributed by atoms with Gasteiger partial charge < -0.3 is 25.6 Å². The first kappa shape index (κ1) is 33.2. The van der Waals surface area contributed by atoms with Crippen LogP contribution in [0.4, 0.5) is 0 Å². The summed E-state index contributed by atoms with van der Waals surface area (Å²) in [5.41, 5.74) is 2.97. The van der Waals surface area contributed by atoms with Crippen LogP contribution in [0.1, 0.15) is 46.4 Å². The minimum atomic E-state index is -4.16. The summed E-state index contributed by atoms with van der Waals surface area (Å²) in [4.78, 5) is 29.8. The Kier molecular flexibility index (Phi) is 10.5. The van der Waals surface area contributed by atoms with E-state index in [0.29, 0.717) is 48.3 Å². The number of imidazole rings is 1. The van der Waals surface area contributed by atoms with Crippen molar-refractivity contribution in [2.24, 2.45) is 10.9 Å². The second kappa shape index (κ2) is 14.5. The summed E-state index contributed by atoms with van der Waals surface area (Å²) in [7, 11) is -4.16. The van der Waals surface area contributed by atoms with Gasteiger partial charge >= 0.3 is 0 Å². The van der Waals surface area contributed by atoms with Crippen molar-refractivity contribution < 1.29 is 22.7 Å². The Morgan fingerprint density at radius 2 is 1.89 bits per heavy atom. The van der Waals surface area contributed by atoms with Crippen LogP contribution in [0, 0.1) is 6.92 Å². The molecule has 1 atom stereocenters. The highest BCUT2D eigenvalue weighted by Crippen LogP contribution is 2.36. The Labute approximate surface area is 276 Å². The molecule has 3 heterocycles. The van der Waals surface area contributed by atoms with Gasteiger partial charge in [-0.25, -0.2) is 13.4 Å². The normalized spacial score (nSPS) is 15.4. The number of pyridine rings is 1. The fourth-order valence-corrected chi connectivity index (χ4v) is 7.74. The number of nitrogens with zero attached hydrogens (tertiary/aromatic N) is 4. The van der Waals surface area contributed by atoms with Gasteiger partial charge in [0.1, 0.15) is 17.5 Å². The van der Waals surface area contributed by atoms with E-state index in [-0.39, 0.29) is 40.5 Å². The molecule has 4 aromatic rings. The molecule has 46 heavy (non-hydrogen) atoms. The zero-order chi connectivity index (χ0) is 32.8. The van der Waals surface area contributed by atoms with Crippen molar-refractivity contribution in [1.29, 1.82) is 0 Å². The Morgan fingerprint density at radius 3 is 2.65 bits per heavy atom. The maximum atomic E-state index is 13.8. The summed E-state index contributed by atoms with van der Waals surface area (Å²) in [5, 5.41) is 9.23. The number of hydrogen-bond acceptors (Lipinski definition) is 8. The average molecular weight is 687 g/mol. The second-order valence-corrected chi connectivity index (χ2v) is 13.3. The highest BCUT2D eigenvalue weighted by Gasteiger charge is 2.40. The fourth-order valence-electron chi connectivity index (χ4n) is 5.22. The monoisotopic (exact) mass is 685 g/mol. The van der Waals surface area contributed by atoms with Crippen LogP contribution in [0.2, 0.25) is 10.0 Å². The molecule has 4 N–H and O–H groups in total. The van der Waals surface area contributed by atoms with E-state index in [1.54, 1.807) is 30.3 Å². The molecule has 0 saturated carbocycles. The van der Waals surface area contributed by atoms with E-state index < -0.39 is 22.0 Å². The van der Waals surface area contributed by atoms with E-state index in [9.17, 15) is 18.0 Å². The zero-order valence-electron chi connectivity index (χ0n) is 24.9. The number of fused-ring (bicyclic) bond motifs is 1. The molecule has 2 aromatic carbocycles. The number of carbonyl (C=O) groups excluding carboxylic acids is 2. The van der Waals surface area contributed by atoms with Gasteiger partial charge in [0.2, 0.25) is 15.9 Å². The van der Waals surface area contributed by atoms with Crippen molar-refractivity contribution in [3.05, 3.63) is 93.4 Å². The number of ether oxygens (including phenoxy) is 1. The predicted molar refractivity (Wildman–Crippen MR) is 176 cm³/mol. The topological polar surface area (TPSA) is 160 Å². The SMILES string of the molecule is Cc1cn2cccc(OCc3c(Cl)ccc(S(=O)(=O)N4CCC[C@H]4C(=O)NCCCNC(=O)c4ccc(C=NN)cc4)c3Cl)c2n1. The van der Waals surface area contributed by atoms with Crippen LogP contribution in [0.5, 0.6) is 5.75 Å². The Morgan fingerprint density at radius 1 is 1.13 bits per heavy atom. The van der Waals surface area contributed by atoms with E-state index in [0.717, 1.165) is 11.3 Å². The van der Waals surface area contributed by atoms with Crippen molar-refractivity contribution in [1.82, 2.24) is 24.3 Å². The lowest BCUT2D eigenvalue weighted by molar-refractivity contribution is -0.124. The highest BCUT2D eigenvalue weighted by atomic mass is 35.5. The number of nitrogens with one attached hydrogen (secondary N) is 2. The minimum Gasteiger partial charge on any atom is -0.485 e. The predicted octanol–water partition coefficient (Wildman–Crippen LogP) is 3.91. The van der Waals surface area contributed by atoms with E-state index in [2.05, 4.69) is 20.7 Å². The third kappa shape index (κ3) is 7.28. The number of sulfonamides is 1. The number of nitrogens with two attached hydrogens (primary N) is 1. The summed E-state index contributed by atoms with van der Waals surface area (Å²) >= 11 is 13.1. The Hall–Kier alpha value is -4.17. The van der Waals surface area contributed by atoms with Crippen LogP contribution in [0.3, 0.4) is 0 Å². The molecule has 0 spiro atoms. The van der Waals surface area contributed by atoms with Gasteiger partial charge in [-0.05, 0) is 68.1 Å². The summed E-state index contributed by atoms with van der Waals surface area (Å²) in [5.74, 6) is 4.95. The van der Waals surface area contributed by atoms with Crippen LogP contribution in [0.15, 0.2) is 70.9 Å². The quantitative estimate of drug-likeness (QED) is 0.0882. The van der Waals surface area contributed by atoms with Crippen molar-refractivity contribution in [2.75, 3.05) is 19.6 Å². The summed E-state index contributed by atoms with van der Waals surface area (Å²) < 4.78 is 36.7. The van der Waals surface area contributed by atoms with Gasteiger partial charge in [-0.2, -0.15) is 9.41 Å². The zero-order valence-corrected chi connectivity index (χ0v) is 27.3. The van der Waals surface area contributed by atoms with Gasteiger partial charge in [0.25, 0.3) is 5.91 Å². The van der Waals surface area contributed by atoms with Gasteiger partial charge in [-0.3, -0.25) is 9.59 Å². The van der Waals surface area contributed by atoms with E-state index in [4.69, 9.17) is 33.8 Å². The maximum absolute atomic E-state index is 13.8. The minimum absolute atomic E-state index is 0.0667. The van der Waals surface area contributed by atoms with Crippen LogP contribution in [-0.2, 0) is 21.4 Å². The number of amides is 2. The van der Waals surface area contributed by atoms with E-state index >= 15 is 0 Å². The number of aryl methyl sites for hydroxylation is 1. The van der Waals surface area contributed by atoms with Crippen molar-refractivity contribution >= 4 is 56.9 Å².